The van der Waals surface area contributed by atoms with E-state index < -0.39 is 0 Å². The van der Waals surface area contributed by atoms with Gasteiger partial charge in [-0.1, -0.05) is 48.0 Å². The van der Waals surface area contributed by atoms with Crippen LogP contribution in [0.1, 0.15) is 22.3 Å². The summed E-state index contributed by atoms with van der Waals surface area (Å²) in [5, 5.41) is 3.98. The molecule has 0 bridgehead atoms. The van der Waals surface area contributed by atoms with Crippen molar-refractivity contribution in [2.75, 3.05) is 6.61 Å². The Morgan fingerprint density at radius 3 is 2.79 bits per heavy atom. The Morgan fingerprint density at radius 2 is 2.04 bits per heavy atom. The van der Waals surface area contributed by atoms with Crippen molar-refractivity contribution < 1.29 is 9.53 Å². The van der Waals surface area contributed by atoms with Gasteiger partial charge in [0.1, 0.15) is 5.75 Å². The summed E-state index contributed by atoms with van der Waals surface area (Å²) in [6, 6.07) is 13.7. The third-order valence-corrected chi connectivity index (χ3v) is 3.51. The van der Waals surface area contributed by atoms with Crippen molar-refractivity contribution in [1.29, 1.82) is 0 Å². The number of hydrazone groups is 1. The summed E-state index contributed by atoms with van der Waals surface area (Å²) in [6.45, 7) is 7.68. The molecule has 0 saturated heterocycles. The molecule has 0 aliphatic rings. The zero-order chi connectivity index (χ0) is 17.4. The first-order valence-electron chi connectivity index (χ1n) is 7.81. The third-order valence-electron chi connectivity index (χ3n) is 3.51. The summed E-state index contributed by atoms with van der Waals surface area (Å²) in [6.07, 6.45) is 4.14. The van der Waals surface area contributed by atoms with Crippen molar-refractivity contribution in [2.45, 2.75) is 20.3 Å². The van der Waals surface area contributed by atoms with Crippen LogP contribution >= 0.6 is 0 Å². The number of aryl methyl sites for hydroxylation is 2. The van der Waals surface area contributed by atoms with Gasteiger partial charge in [0, 0.05) is 0 Å². The van der Waals surface area contributed by atoms with Crippen LogP contribution in [-0.2, 0) is 11.2 Å². The first-order chi connectivity index (χ1) is 11.6. The molecular weight excluding hydrogens is 300 g/mol. The molecule has 0 atom stereocenters. The second-order valence-corrected chi connectivity index (χ2v) is 5.54. The Kier molecular flexibility index (Phi) is 6.32. The number of rotatable bonds is 7. The molecule has 0 unspecified atom stereocenters. The van der Waals surface area contributed by atoms with Gasteiger partial charge in [-0.05, 0) is 43.0 Å². The number of benzene rings is 2. The molecule has 1 amide bonds. The molecule has 0 aliphatic heterocycles. The molecule has 1 N–H and O–H groups in total. The lowest BCUT2D eigenvalue weighted by atomic mass is 10.1. The maximum atomic E-state index is 11.8. The molecule has 2 aromatic rings. The van der Waals surface area contributed by atoms with Crippen molar-refractivity contribution in [1.82, 2.24) is 5.43 Å². The number of nitrogens with zero attached hydrogens (tertiary/aromatic N) is 1. The van der Waals surface area contributed by atoms with Crippen LogP contribution in [0.5, 0.6) is 5.75 Å². The zero-order valence-corrected chi connectivity index (χ0v) is 14.1. The molecule has 0 spiro atoms. The molecule has 0 heterocycles. The fraction of sp³-hybridized carbons (Fsp3) is 0.200. The zero-order valence-electron chi connectivity index (χ0n) is 14.1. The number of para-hydroxylation sites is 1. The van der Waals surface area contributed by atoms with E-state index in [2.05, 4.69) is 23.2 Å². The van der Waals surface area contributed by atoms with Crippen LogP contribution < -0.4 is 10.2 Å². The highest BCUT2D eigenvalue weighted by molar-refractivity contribution is 5.84. The molecular formula is C20H22N2O2. The Bertz CT molecular complexity index is 751. The van der Waals surface area contributed by atoms with E-state index in [1.807, 2.05) is 50.2 Å². The maximum Gasteiger partial charge on any atom is 0.277 e. The molecule has 4 heteroatoms. The SMILES string of the molecule is C=CCc1ccccc1OCC(=O)NN=Cc1ccc(C)cc1C. The minimum absolute atomic E-state index is 0.0849. The molecule has 0 saturated carbocycles. The van der Waals surface area contributed by atoms with Gasteiger partial charge >= 0.3 is 0 Å². The highest BCUT2D eigenvalue weighted by Crippen LogP contribution is 2.18. The van der Waals surface area contributed by atoms with Crippen molar-refractivity contribution in [3.05, 3.63) is 77.4 Å². The highest BCUT2D eigenvalue weighted by Gasteiger charge is 2.05. The third kappa shape index (κ3) is 5.09. The Hall–Kier alpha value is -2.88. The van der Waals surface area contributed by atoms with Gasteiger partial charge < -0.3 is 4.74 Å². The lowest BCUT2D eigenvalue weighted by Crippen LogP contribution is -2.24. The minimum Gasteiger partial charge on any atom is -0.483 e. The monoisotopic (exact) mass is 322 g/mol. The van der Waals surface area contributed by atoms with Gasteiger partial charge in [0.25, 0.3) is 5.91 Å². The van der Waals surface area contributed by atoms with E-state index in [-0.39, 0.29) is 12.5 Å². The number of hydrogen-bond donors (Lipinski definition) is 1. The van der Waals surface area contributed by atoms with Gasteiger partial charge in [-0.25, -0.2) is 5.43 Å². The van der Waals surface area contributed by atoms with Crippen LogP contribution in [0.4, 0.5) is 0 Å². The van der Waals surface area contributed by atoms with Gasteiger partial charge in [0.15, 0.2) is 6.61 Å². The second kappa shape index (κ2) is 8.67. The first-order valence-corrected chi connectivity index (χ1v) is 7.81. The predicted molar refractivity (Wildman–Crippen MR) is 97.5 cm³/mol. The maximum absolute atomic E-state index is 11.8. The van der Waals surface area contributed by atoms with Crippen molar-refractivity contribution >= 4 is 12.1 Å². The smallest absolute Gasteiger partial charge is 0.277 e. The number of hydrogen-bond acceptors (Lipinski definition) is 3. The summed E-state index contributed by atoms with van der Waals surface area (Å²) in [5.74, 6) is 0.385. The molecule has 0 aromatic heterocycles. The van der Waals surface area contributed by atoms with Crippen molar-refractivity contribution in [3.8, 4) is 5.75 Å². The van der Waals surface area contributed by atoms with E-state index in [9.17, 15) is 4.79 Å². The Labute approximate surface area is 142 Å². The van der Waals surface area contributed by atoms with Gasteiger partial charge in [0.05, 0.1) is 6.21 Å². The van der Waals surface area contributed by atoms with Gasteiger partial charge in [-0.3, -0.25) is 4.79 Å². The lowest BCUT2D eigenvalue weighted by Gasteiger charge is -2.09. The fourth-order valence-electron chi connectivity index (χ4n) is 2.29. The van der Waals surface area contributed by atoms with Crippen LogP contribution in [0.15, 0.2) is 60.2 Å². The normalized spacial score (nSPS) is 10.6. The molecule has 0 aliphatic carbocycles. The van der Waals surface area contributed by atoms with E-state index in [1.165, 1.54) is 5.56 Å². The Morgan fingerprint density at radius 1 is 1.25 bits per heavy atom. The minimum atomic E-state index is -0.301. The number of carbonyl (C=O) groups excluding carboxylic acids is 1. The van der Waals surface area contributed by atoms with E-state index in [0.29, 0.717) is 12.2 Å². The molecule has 4 nitrogen and oxygen atoms in total. The second-order valence-electron chi connectivity index (χ2n) is 5.54. The van der Waals surface area contributed by atoms with Crippen molar-refractivity contribution in [3.63, 3.8) is 0 Å². The van der Waals surface area contributed by atoms with Gasteiger partial charge in [-0.15, -0.1) is 6.58 Å². The molecule has 0 radical (unpaired) electrons. The molecule has 0 fully saturated rings. The summed E-state index contributed by atoms with van der Waals surface area (Å²) < 4.78 is 5.56. The van der Waals surface area contributed by atoms with E-state index in [4.69, 9.17) is 4.74 Å². The number of ether oxygens (including phenoxy) is 1. The molecule has 2 aromatic carbocycles. The summed E-state index contributed by atoms with van der Waals surface area (Å²) >= 11 is 0. The predicted octanol–water partition coefficient (Wildman–Crippen LogP) is 3.56. The van der Waals surface area contributed by atoms with E-state index in [0.717, 1.165) is 16.7 Å². The number of carbonyl (C=O) groups is 1. The summed E-state index contributed by atoms with van der Waals surface area (Å²) in [7, 11) is 0. The number of allylic oxidation sites excluding steroid dienone is 1. The average Bonchev–Trinajstić information content (AvgIpc) is 2.56. The Balaban J connectivity index is 1.87. The largest absolute Gasteiger partial charge is 0.483 e. The standard InChI is InChI=1S/C20H22N2O2/c1-4-7-17-8-5-6-9-19(17)24-14-20(23)22-21-13-18-11-10-15(2)12-16(18)3/h4-6,8-13H,1,7,14H2,2-3H3,(H,22,23). The summed E-state index contributed by atoms with van der Waals surface area (Å²) in [5.41, 5.74) is 6.76. The molecule has 124 valence electrons. The first kappa shape index (κ1) is 17.5. The molecule has 2 rings (SSSR count). The lowest BCUT2D eigenvalue weighted by molar-refractivity contribution is -0.123. The average molecular weight is 322 g/mol. The van der Waals surface area contributed by atoms with E-state index in [1.54, 1.807) is 12.3 Å². The topological polar surface area (TPSA) is 50.7 Å². The quantitative estimate of drug-likeness (QED) is 0.481. The molecule has 24 heavy (non-hydrogen) atoms. The summed E-state index contributed by atoms with van der Waals surface area (Å²) in [4.78, 5) is 11.8. The van der Waals surface area contributed by atoms with Gasteiger partial charge in [-0.2, -0.15) is 5.10 Å². The van der Waals surface area contributed by atoms with Crippen LogP contribution in [0, 0.1) is 13.8 Å². The van der Waals surface area contributed by atoms with Crippen molar-refractivity contribution in [2.24, 2.45) is 5.10 Å². The van der Waals surface area contributed by atoms with Crippen LogP contribution in [0.2, 0.25) is 0 Å². The number of nitrogens with one attached hydrogen (secondary N) is 1. The highest BCUT2D eigenvalue weighted by atomic mass is 16.5. The fourth-order valence-corrected chi connectivity index (χ4v) is 2.29. The number of amides is 1. The van der Waals surface area contributed by atoms with Gasteiger partial charge in [0.2, 0.25) is 0 Å². The van der Waals surface area contributed by atoms with Crippen LogP contribution in [0.3, 0.4) is 0 Å². The van der Waals surface area contributed by atoms with Crippen LogP contribution in [-0.4, -0.2) is 18.7 Å². The van der Waals surface area contributed by atoms with Crippen LogP contribution in [0.25, 0.3) is 0 Å². The van der Waals surface area contributed by atoms with E-state index >= 15 is 0 Å².